The van der Waals surface area contributed by atoms with Crippen molar-refractivity contribution in [3.63, 3.8) is 0 Å². The van der Waals surface area contributed by atoms with Crippen LogP contribution < -0.4 is 9.61 Å². The lowest BCUT2D eigenvalue weighted by molar-refractivity contribution is 0.486. The van der Waals surface area contributed by atoms with Crippen LogP contribution in [0.1, 0.15) is 5.56 Å². The van der Waals surface area contributed by atoms with Crippen LogP contribution in [0, 0.1) is 6.92 Å². The molecule has 5 nitrogen and oxygen atoms in total. The van der Waals surface area contributed by atoms with Gasteiger partial charge in [0, 0.05) is 0 Å². The Hall–Kier alpha value is -3.38. The van der Waals surface area contributed by atoms with Crippen molar-refractivity contribution in [1.29, 1.82) is 0 Å². The van der Waals surface area contributed by atoms with Gasteiger partial charge < -0.3 is 8.60 Å². The molecule has 0 spiro atoms. The molecular weight excluding hydrogens is 376 g/mol. The highest BCUT2D eigenvalue weighted by atomic mass is 32.2. The lowest BCUT2D eigenvalue weighted by atomic mass is 10.0. The predicted molar refractivity (Wildman–Crippen MR) is 107 cm³/mol. The molecule has 0 aliphatic rings. The maximum absolute atomic E-state index is 12.8. The van der Waals surface area contributed by atoms with Crippen LogP contribution in [0.4, 0.5) is 0 Å². The minimum Gasteiger partial charge on any atom is -0.463 e. The third-order valence-corrected chi connectivity index (χ3v) is 5.59. The van der Waals surface area contributed by atoms with Crippen molar-refractivity contribution in [3.05, 3.63) is 94.8 Å². The van der Waals surface area contributed by atoms with Crippen molar-refractivity contribution in [2.45, 2.75) is 11.8 Å². The van der Waals surface area contributed by atoms with E-state index in [1.54, 1.807) is 36.4 Å². The molecule has 0 amide bonds. The van der Waals surface area contributed by atoms with Gasteiger partial charge in [0.1, 0.15) is 22.5 Å². The van der Waals surface area contributed by atoms with E-state index >= 15 is 0 Å². The highest BCUT2D eigenvalue weighted by Gasteiger charge is 2.16. The molecule has 4 rings (SSSR count). The van der Waals surface area contributed by atoms with Gasteiger partial charge >= 0.3 is 10.1 Å². The normalized spacial score (nSPS) is 11.5. The summed E-state index contributed by atoms with van der Waals surface area (Å²) in [6, 6.07) is 19.6. The second kappa shape index (κ2) is 6.98. The highest BCUT2D eigenvalue weighted by Crippen LogP contribution is 2.24. The van der Waals surface area contributed by atoms with E-state index in [0.717, 1.165) is 5.56 Å². The minimum absolute atomic E-state index is 0.0737. The van der Waals surface area contributed by atoms with E-state index in [4.69, 9.17) is 8.60 Å². The first-order valence-corrected chi connectivity index (χ1v) is 9.97. The van der Waals surface area contributed by atoms with Crippen molar-refractivity contribution >= 4 is 21.1 Å². The van der Waals surface area contributed by atoms with E-state index in [0.29, 0.717) is 22.1 Å². The number of rotatable bonds is 4. The third-order valence-electron chi connectivity index (χ3n) is 4.33. The van der Waals surface area contributed by atoms with E-state index in [1.807, 2.05) is 19.1 Å². The second-order valence-corrected chi connectivity index (χ2v) is 7.90. The SMILES string of the molecule is Cc1ccc2c(=O)c(-c3ccc(OS(=O)(=O)c4ccccc4)cc3)coc2c1. The Bertz CT molecular complexity index is 1300. The molecule has 28 heavy (non-hydrogen) atoms. The maximum Gasteiger partial charge on any atom is 0.339 e. The molecule has 0 saturated heterocycles. The van der Waals surface area contributed by atoms with Crippen LogP contribution in [0.5, 0.6) is 5.75 Å². The summed E-state index contributed by atoms with van der Waals surface area (Å²) in [4.78, 5) is 12.8. The van der Waals surface area contributed by atoms with Gasteiger partial charge in [-0.05, 0) is 54.4 Å². The van der Waals surface area contributed by atoms with Gasteiger partial charge in [-0.25, -0.2) is 0 Å². The molecule has 0 atom stereocenters. The summed E-state index contributed by atoms with van der Waals surface area (Å²) in [6.07, 6.45) is 1.42. The molecule has 4 aromatic rings. The molecule has 1 heterocycles. The van der Waals surface area contributed by atoms with Crippen LogP contribution in [0.15, 0.2) is 93.2 Å². The van der Waals surface area contributed by atoms with Gasteiger partial charge in [0.2, 0.25) is 0 Å². The highest BCUT2D eigenvalue weighted by molar-refractivity contribution is 7.87. The van der Waals surface area contributed by atoms with Gasteiger partial charge in [-0.15, -0.1) is 0 Å². The average Bonchev–Trinajstić information content (AvgIpc) is 2.69. The standard InChI is InChI=1S/C22H16O5S/c1-15-7-12-19-21(13-15)26-14-20(22(19)23)16-8-10-17(11-9-16)27-28(24,25)18-5-3-2-4-6-18/h2-14H,1H3. The topological polar surface area (TPSA) is 73.6 Å². The van der Waals surface area contributed by atoms with Crippen LogP contribution in [0.3, 0.4) is 0 Å². The first-order chi connectivity index (χ1) is 13.4. The fraction of sp³-hybridized carbons (Fsp3) is 0.0455. The molecule has 0 bridgehead atoms. The van der Waals surface area contributed by atoms with Crippen molar-refractivity contribution in [2.24, 2.45) is 0 Å². The molecule has 0 saturated carbocycles. The zero-order chi connectivity index (χ0) is 19.7. The zero-order valence-corrected chi connectivity index (χ0v) is 15.8. The lowest BCUT2D eigenvalue weighted by Crippen LogP contribution is -2.09. The number of aryl methyl sites for hydroxylation is 1. The summed E-state index contributed by atoms with van der Waals surface area (Å²) in [6.45, 7) is 1.93. The quantitative estimate of drug-likeness (QED) is 0.477. The molecule has 140 valence electrons. The van der Waals surface area contributed by atoms with Crippen LogP contribution in [-0.2, 0) is 10.1 Å². The van der Waals surface area contributed by atoms with Gasteiger partial charge in [0.15, 0.2) is 5.43 Å². The summed E-state index contributed by atoms with van der Waals surface area (Å²) >= 11 is 0. The Morgan fingerprint density at radius 3 is 2.32 bits per heavy atom. The van der Waals surface area contributed by atoms with E-state index in [-0.39, 0.29) is 16.1 Å². The van der Waals surface area contributed by atoms with Crippen molar-refractivity contribution in [2.75, 3.05) is 0 Å². The Morgan fingerprint density at radius 2 is 1.61 bits per heavy atom. The van der Waals surface area contributed by atoms with Crippen LogP contribution in [0.25, 0.3) is 22.1 Å². The molecule has 6 heteroatoms. The van der Waals surface area contributed by atoms with Gasteiger partial charge in [0.05, 0.1) is 10.9 Å². The maximum atomic E-state index is 12.8. The molecule has 0 N–H and O–H groups in total. The summed E-state index contributed by atoms with van der Waals surface area (Å²) in [5.74, 6) is 0.161. The van der Waals surface area contributed by atoms with E-state index in [9.17, 15) is 13.2 Å². The average molecular weight is 392 g/mol. The fourth-order valence-electron chi connectivity index (χ4n) is 2.89. The van der Waals surface area contributed by atoms with Crippen molar-refractivity contribution < 1.29 is 17.0 Å². The monoisotopic (exact) mass is 392 g/mol. The molecule has 0 unspecified atom stereocenters. The third kappa shape index (κ3) is 3.42. The van der Waals surface area contributed by atoms with Crippen molar-refractivity contribution in [1.82, 2.24) is 0 Å². The van der Waals surface area contributed by atoms with E-state index < -0.39 is 10.1 Å². The Labute approximate surface area is 162 Å². The number of benzene rings is 3. The summed E-state index contributed by atoms with van der Waals surface area (Å²) < 4.78 is 35.4. The van der Waals surface area contributed by atoms with Crippen LogP contribution in [0.2, 0.25) is 0 Å². The number of hydrogen-bond donors (Lipinski definition) is 0. The number of hydrogen-bond acceptors (Lipinski definition) is 5. The lowest BCUT2D eigenvalue weighted by Gasteiger charge is -2.08. The summed E-state index contributed by atoms with van der Waals surface area (Å²) in [7, 11) is -3.91. The molecule has 0 fully saturated rings. The Morgan fingerprint density at radius 1 is 0.893 bits per heavy atom. The number of fused-ring (bicyclic) bond motifs is 1. The smallest absolute Gasteiger partial charge is 0.339 e. The van der Waals surface area contributed by atoms with Gasteiger partial charge in [-0.3, -0.25) is 4.79 Å². The van der Waals surface area contributed by atoms with Crippen molar-refractivity contribution in [3.8, 4) is 16.9 Å². The molecular formula is C22H16O5S. The van der Waals surface area contributed by atoms with Crippen LogP contribution >= 0.6 is 0 Å². The van der Waals surface area contributed by atoms with E-state index in [2.05, 4.69) is 0 Å². The zero-order valence-electron chi connectivity index (χ0n) is 15.0. The second-order valence-electron chi connectivity index (χ2n) is 6.35. The van der Waals surface area contributed by atoms with E-state index in [1.165, 1.54) is 30.5 Å². The first kappa shape index (κ1) is 18.0. The molecule has 0 radical (unpaired) electrons. The predicted octanol–water partition coefficient (Wildman–Crippen LogP) is 4.54. The van der Waals surface area contributed by atoms with Crippen LogP contribution in [-0.4, -0.2) is 8.42 Å². The molecule has 0 aliphatic carbocycles. The van der Waals surface area contributed by atoms with Gasteiger partial charge in [0.25, 0.3) is 0 Å². The summed E-state index contributed by atoms with van der Waals surface area (Å²) in [5, 5.41) is 0.495. The fourth-order valence-corrected chi connectivity index (χ4v) is 3.84. The molecule has 0 aliphatic heterocycles. The first-order valence-electron chi connectivity index (χ1n) is 8.56. The van der Waals surface area contributed by atoms with Gasteiger partial charge in [-0.2, -0.15) is 8.42 Å². The Balaban J connectivity index is 1.65. The van der Waals surface area contributed by atoms with Gasteiger partial charge in [-0.1, -0.05) is 36.4 Å². The largest absolute Gasteiger partial charge is 0.463 e. The molecule has 1 aromatic heterocycles. The minimum atomic E-state index is -3.91. The summed E-state index contributed by atoms with van der Waals surface area (Å²) in [5.41, 5.74) is 2.40. The molecule has 3 aromatic carbocycles. The Kier molecular flexibility index (Phi) is 4.49.